The van der Waals surface area contributed by atoms with Crippen LogP contribution in [0, 0.1) is 5.82 Å². The van der Waals surface area contributed by atoms with E-state index in [1.807, 2.05) is 0 Å². The van der Waals surface area contributed by atoms with Crippen LogP contribution in [0.25, 0.3) is 0 Å². The highest BCUT2D eigenvalue weighted by molar-refractivity contribution is 9.08. The van der Waals surface area contributed by atoms with Crippen molar-refractivity contribution in [3.05, 3.63) is 28.8 Å². The smallest absolute Gasteiger partial charge is 0.268 e. The van der Waals surface area contributed by atoms with E-state index in [1.54, 1.807) is 0 Å². The number of carbonyl (C=O) groups excluding carboxylic acids is 1. The van der Waals surface area contributed by atoms with Gasteiger partial charge in [-0.2, -0.15) is 0 Å². The maximum Gasteiger partial charge on any atom is 0.268 e. The number of aldehydes is 1. The number of alkyl halides is 3. The molecular weight excluding hydrogens is 263 g/mol. The molecule has 0 atom stereocenters. The Hall–Kier alpha value is -0.910. The van der Waals surface area contributed by atoms with Crippen molar-refractivity contribution in [2.45, 2.75) is 11.8 Å². The predicted octanol–water partition coefficient (Wildman–Crippen LogP) is 2.87. The zero-order chi connectivity index (χ0) is 10.7. The fraction of sp³-hybridized carbons (Fsp3) is 0.250. The molecule has 14 heavy (non-hydrogen) atoms. The topological polar surface area (TPSA) is 30.0 Å². The highest BCUT2D eigenvalue weighted by Gasteiger charge is 2.21. The highest BCUT2D eigenvalue weighted by Crippen LogP contribution is 2.27. The van der Waals surface area contributed by atoms with Crippen LogP contribution in [0.5, 0.6) is 0 Å². The Kier molecular flexibility index (Phi) is 3.62. The lowest BCUT2D eigenvalue weighted by molar-refractivity contribution is 0.111. The fourth-order valence-corrected chi connectivity index (χ4v) is 1.41. The van der Waals surface area contributed by atoms with E-state index in [9.17, 15) is 18.0 Å². The van der Waals surface area contributed by atoms with Gasteiger partial charge in [-0.3, -0.25) is 9.78 Å². The summed E-state index contributed by atoms with van der Waals surface area (Å²) in [6.45, 7) is 0. The van der Waals surface area contributed by atoms with Crippen LogP contribution in [0.4, 0.5) is 13.2 Å². The van der Waals surface area contributed by atoms with E-state index in [4.69, 9.17) is 0 Å². The summed E-state index contributed by atoms with van der Waals surface area (Å²) in [6, 6.07) is 0. The third kappa shape index (κ3) is 1.95. The average Bonchev–Trinajstić information content (AvgIpc) is 2.16. The molecule has 0 unspecified atom stereocenters. The molecule has 1 heterocycles. The molecule has 0 bridgehead atoms. The normalized spacial score (nSPS) is 10.6. The van der Waals surface area contributed by atoms with Gasteiger partial charge in [0.15, 0.2) is 6.29 Å². The van der Waals surface area contributed by atoms with Crippen LogP contribution >= 0.6 is 15.9 Å². The second-order valence-corrected chi connectivity index (χ2v) is 3.00. The number of aromatic nitrogens is 1. The quantitative estimate of drug-likeness (QED) is 0.623. The number of nitrogens with zero attached hydrogens (tertiary/aromatic N) is 1. The minimum absolute atomic E-state index is 0.0166. The van der Waals surface area contributed by atoms with Gasteiger partial charge in [0.25, 0.3) is 6.43 Å². The van der Waals surface area contributed by atoms with Gasteiger partial charge in [0.2, 0.25) is 0 Å². The molecule has 0 aromatic carbocycles. The van der Waals surface area contributed by atoms with Crippen molar-refractivity contribution in [3.8, 4) is 0 Å². The Bertz CT molecular complexity index is 357. The summed E-state index contributed by atoms with van der Waals surface area (Å²) in [5.74, 6) is -1.19. The van der Waals surface area contributed by atoms with E-state index in [0.29, 0.717) is 0 Å². The first-order chi connectivity index (χ1) is 6.61. The summed E-state index contributed by atoms with van der Waals surface area (Å²) in [6.07, 6.45) is -1.88. The van der Waals surface area contributed by atoms with Crippen molar-refractivity contribution >= 4 is 22.2 Å². The maximum absolute atomic E-state index is 13.2. The van der Waals surface area contributed by atoms with Crippen LogP contribution < -0.4 is 0 Å². The first kappa shape index (κ1) is 11.2. The number of rotatable bonds is 3. The summed E-state index contributed by atoms with van der Waals surface area (Å²) >= 11 is 2.91. The van der Waals surface area contributed by atoms with Crippen molar-refractivity contribution in [1.82, 2.24) is 4.98 Å². The summed E-state index contributed by atoms with van der Waals surface area (Å²) < 4.78 is 37.9. The Balaban J connectivity index is 3.38. The van der Waals surface area contributed by atoms with Crippen LogP contribution in [-0.2, 0) is 5.33 Å². The molecule has 0 N–H and O–H groups in total. The molecule has 0 spiro atoms. The van der Waals surface area contributed by atoms with Gasteiger partial charge >= 0.3 is 0 Å². The molecule has 76 valence electrons. The fourth-order valence-electron chi connectivity index (χ4n) is 0.966. The lowest BCUT2D eigenvalue weighted by Crippen LogP contribution is -2.04. The van der Waals surface area contributed by atoms with Crippen molar-refractivity contribution in [2.24, 2.45) is 0 Å². The molecule has 6 heteroatoms. The molecular formula is C8H5BrF3NO. The third-order valence-corrected chi connectivity index (χ3v) is 2.16. The number of hydrogen-bond acceptors (Lipinski definition) is 2. The predicted molar refractivity (Wildman–Crippen MR) is 47.2 cm³/mol. The zero-order valence-corrected chi connectivity index (χ0v) is 8.39. The number of halogens is 4. The largest absolute Gasteiger partial charge is 0.298 e. The molecule has 0 aliphatic carbocycles. The standard InChI is InChI=1S/C8H5BrF3NO/c9-1-5-6(8(11)12)7(10)4(3-14)2-13-5/h2-3,8H,1H2. The van der Waals surface area contributed by atoms with Crippen LogP contribution in [0.15, 0.2) is 6.20 Å². The van der Waals surface area contributed by atoms with E-state index < -0.39 is 23.4 Å². The van der Waals surface area contributed by atoms with E-state index in [0.717, 1.165) is 6.20 Å². The van der Waals surface area contributed by atoms with Crippen LogP contribution in [0.3, 0.4) is 0 Å². The molecule has 1 aromatic heterocycles. The average molecular weight is 268 g/mol. The summed E-state index contributed by atoms with van der Waals surface area (Å²) in [5, 5.41) is 0.0166. The second-order valence-electron chi connectivity index (χ2n) is 2.44. The molecule has 2 nitrogen and oxygen atoms in total. The highest BCUT2D eigenvalue weighted by atomic mass is 79.9. The zero-order valence-electron chi connectivity index (χ0n) is 6.81. The van der Waals surface area contributed by atoms with Gasteiger partial charge in [0.1, 0.15) is 5.82 Å². The molecule has 1 aromatic rings. The third-order valence-electron chi connectivity index (χ3n) is 1.63. The van der Waals surface area contributed by atoms with Crippen molar-refractivity contribution in [1.29, 1.82) is 0 Å². The number of hydrogen-bond donors (Lipinski definition) is 0. The van der Waals surface area contributed by atoms with Crippen LogP contribution in [0.1, 0.15) is 28.0 Å². The molecule has 0 aliphatic heterocycles. The van der Waals surface area contributed by atoms with Gasteiger partial charge < -0.3 is 0 Å². The van der Waals surface area contributed by atoms with Gasteiger partial charge in [0, 0.05) is 11.5 Å². The Morgan fingerprint density at radius 3 is 2.64 bits per heavy atom. The first-order valence-corrected chi connectivity index (χ1v) is 4.70. The summed E-state index contributed by atoms with van der Waals surface area (Å²) in [7, 11) is 0. The molecule has 0 amide bonds. The van der Waals surface area contributed by atoms with Crippen molar-refractivity contribution < 1.29 is 18.0 Å². The monoisotopic (exact) mass is 267 g/mol. The van der Waals surface area contributed by atoms with E-state index in [-0.39, 0.29) is 17.3 Å². The molecule has 0 saturated carbocycles. The Morgan fingerprint density at radius 2 is 2.21 bits per heavy atom. The summed E-state index contributed by atoms with van der Waals surface area (Å²) in [4.78, 5) is 13.8. The summed E-state index contributed by atoms with van der Waals surface area (Å²) in [5.41, 5.74) is -1.36. The Labute approximate surface area is 86.3 Å². The minimum Gasteiger partial charge on any atom is -0.298 e. The van der Waals surface area contributed by atoms with Gasteiger partial charge in [-0.25, -0.2) is 13.2 Å². The van der Waals surface area contributed by atoms with Gasteiger partial charge in [-0.15, -0.1) is 0 Å². The lowest BCUT2D eigenvalue weighted by Gasteiger charge is -2.07. The van der Waals surface area contributed by atoms with Gasteiger partial charge in [-0.1, -0.05) is 15.9 Å². The van der Waals surface area contributed by atoms with Gasteiger partial charge in [-0.05, 0) is 0 Å². The SMILES string of the molecule is O=Cc1cnc(CBr)c(C(F)F)c1F. The van der Waals surface area contributed by atoms with Gasteiger partial charge in [0.05, 0.1) is 16.8 Å². The Morgan fingerprint density at radius 1 is 1.57 bits per heavy atom. The number of carbonyl (C=O) groups is 1. The minimum atomic E-state index is -2.98. The first-order valence-electron chi connectivity index (χ1n) is 3.58. The van der Waals surface area contributed by atoms with Crippen molar-refractivity contribution in [3.63, 3.8) is 0 Å². The van der Waals surface area contributed by atoms with E-state index >= 15 is 0 Å². The molecule has 0 radical (unpaired) electrons. The lowest BCUT2D eigenvalue weighted by atomic mass is 10.1. The maximum atomic E-state index is 13.2. The molecule has 1 rings (SSSR count). The van der Waals surface area contributed by atoms with Crippen molar-refractivity contribution in [2.75, 3.05) is 0 Å². The molecule has 0 aliphatic rings. The van der Waals surface area contributed by atoms with Crippen LogP contribution in [0.2, 0.25) is 0 Å². The molecule has 0 saturated heterocycles. The van der Waals surface area contributed by atoms with E-state index in [2.05, 4.69) is 20.9 Å². The number of pyridine rings is 1. The van der Waals surface area contributed by atoms with E-state index in [1.165, 1.54) is 0 Å². The second kappa shape index (κ2) is 4.54. The van der Waals surface area contributed by atoms with Crippen LogP contribution in [-0.4, -0.2) is 11.3 Å². The molecule has 0 fully saturated rings.